The number of hydrogen-bond donors (Lipinski definition) is 1. The topological polar surface area (TPSA) is 92.6 Å². The van der Waals surface area contributed by atoms with Gasteiger partial charge in [-0.05, 0) is 68.1 Å². The first-order valence-electron chi connectivity index (χ1n) is 13.4. The van der Waals surface area contributed by atoms with Crippen LogP contribution in [0.25, 0.3) is 5.76 Å². The highest BCUT2D eigenvalue weighted by Crippen LogP contribution is 2.41. The van der Waals surface area contributed by atoms with E-state index in [4.69, 9.17) is 14.2 Å². The smallest absolute Gasteiger partial charge is 0.295 e. The zero-order chi connectivity index (χ0) is 27.8. The summed E-state index contributed by atoms with van der Waals surface area (Å²) in [6.07, 6.45) is 1.96. The van der Waals surface area contributed by atoms with Crippen LogP contribution < -0.4 is 24.2 Å². The van der Waals surface area contributed by atoms with Crippen molar-refractivity contribution in [2.45, 2.75) is 46.6 Å². The molecular formula is C30H40N2O6. The van der Waals surface area contributed by atoms with E-state index in [1.165, 1.54) is 16.9 Å². The summed E-state index contributed by atoms with van der Waals surface area (Å²) in [4.78, 5) is 29.5. The number of likely N-dealkylation sites (tertiary alicyclic amines) is 1. The van der Waals surface area contributed by atoms with Gasteiger partial charge in [0.2, 0.25) is 5.78 Å². The van der Waals surface area contributed by atoms with Crippen LogP contribution in [0.1, 0.15) is 56.3 Å². The van der Waals surface area contributed by atoms with Crippen LogP contribution in [0, 0.1) is 6.92 Å². The second-order valence-electron chi connectivity index (χ2n) is 9.48. The second-order valence-corrected chi connectivity index (χ2v) is 9.48. The summed E-state index contributed by atoms with van der Waals surface area (Å²) in [5, 5.41) is 13.8. The molecule has 1 atom stereocenters. The molecule has 8 heteroatoms. The SMILES string of the molecule is CCCCOc1ccc(C([O-])=C2C(=O)C(=O)N(CC[NH+](CC)CC)C2c2ccc(OC)c(OC)c2)cc1C. The molecule has 0 spiro atoms. The van der Waals surface area contributed by atoms with Crippen LogP contribution in [-0.4, -0.2) is 63.6 Å². The van der Waals surface area contributed by atoms with Crippen LogP contribution in [0.15, 0.2) is 42.0 Å². The van der Waals surface area contributed by atoms with E-state index < -0.39 is 23.5 Å². The fourth-order valence-corrected chi connectivity index (χ4v) is 4.79. The van der Waals surface area contributed by atoms with Crippen LogP contribution >= 0.6 is 0 Å². The molecule has 1 N–H and O–H groups in total. The van der Waals surface area contributed by atoms with E-state index in [0.717, 1.165) is 31.5 Å². The number of ether oxygens (including phenoxy) is 3. The van der Waals surface area contributed by atoms with Crippen molar-refractivity contribution in [2.24, 2.45) is 0 Å². The van der Waals surface area contributed by atoms with Crippen molar-refractivity contribution in [1.82, 2.24) is 4.90 Å². The number of carbonyl (C=O) groups excluding carboxylic acids is 2. The van der Waals surface area contributed by atoms with Crippen molar-refractivity contribution < 1.29 is 33.8 Å². The molecule has 38 heavy (non-hydrogen) atoms. The minimum absolute atomic E-state index is 0.0455. The summed E-state index contributed by atoms with van der Waals surface area (Å²) < 4.78 is 16.7. The molecule has 0 aromatic heterocycles. The Bertz CT molecular complexity index is 1170. The Kier molecular flexibility index (Phi) is 10.2. The molecular weight excluding hydrogens is 484 g/mol. The van der Waals surface area contributed by atoms with Crippen molar-refractivity contribution in [3.05, 3.63) is 58.7 Å². The number of benzene rings is 2. The third-order valence-corrected chi connectivity index (χ3v) is 7.15. The van der Waals surface area contributed by atoms with Gasteiger partial charge in [-0.2, -0.15) is 0 Å². The van der Waals surface area contributed by atoms with Gasteiger partial charge in [-0.25, -0.2) is 0 Å². The molecule has 1 heterocycles. The lowest BCUT2D eigenvalue weighted by Crippen LogP contribution is -3.12. The number of nitrogens with zero attached hydrogens (tertiary/aromatic N) is 1. The highest BCUT2D eigenvalue weighted by atomic mass is 16.5. The zero-order valence-corrected chi connectivity index (χ0v) is 23.4. The van der Waals surface area contributed by atoms with Gasteiger partial charge in [0.25, 0.3) is 5.91 Å². The molecule has 1 unspecified atom stereocenters. The number of unbranched alkanes of at least 4 members (excludes halogenated alkanes) is 1. The number of Topliss-reactive ketones (excluding diaryl/α,β-unsaturated/α-hetero) is 1. The molecule has 2 aromatic carbocycles. The Morgan fingerprint density at radius 2 is 1.66 bits per heavy atom. The van der Waals surface area contributed by atoms with Crippen molar-refractivity contribution >= 4 is 17.4 Å². The van der Waals surface area contributed by atoms with E-state index in [-0.39, 0.29) is 5.57 Å². The minimum Gasteiger partial charge on any atom is -0.872 e. The molecule has 1 amide bonds. The number of likely N-dealkylation sites (N-methyl/N-ethyl adjacent to an activating group) is 1. The molecule has 206 valence electrons. The number of nitrogens with one attached hydrogen (secondary N) is 1. The highest BCUT2D eigenvalue weighted by Gasteiger charge is 2.44. The normalized spacial score (nSPS) is 16.8. The number of amides is 1. The summed E-state index contributed by atoms with van der Waals surface area (Å²) >= 11 is 0. The minimum atomic E-state index is -0.821. The number of ketones is 1. The quantitative estimate of drug-likeness (QED) is 0.187. The molecule has 1 aliphatic heterocycles. The lowest BCUT2D eigenvalue weighted by Gasteiger charge is -2.29. The van der Waals surface area contributed by atoms with Crippen molar-refractivity contribution in [1.29, 1.82) is 0 Å². The lowest BCUT2D eigenvalue weighted by atomic mass is 9.94. The number of quaternary nitrogens is 1. The summed E-state index contributed by atoms with van der Waals surface area (Å²) in [5.41, 5.74) is 1.73. The Labute approximate surface area is 225 Å². The first-order chi connectivity index (χ1) is 18.3. The summed E-state index contributed by atoms with van der Waals surface area (Å²) in [5.74, 6) is -0.185. The van der Waals surface area contributed by atoms with E-state index in [0.29, 0.717) is 48.1 Å². The second kappa shape index (κ2) is 13.3. The van der Waals surface area contributed by atoms with Gasteiger partial charge in [0, 0.05) is 5.57 Å². The monoisotopic (exact) mass is 524 g/mol. The molecule has 0 aliphatic carbocycles. The Balaban J connectivity index is 2.10. The van der Waals surface area contributed by atoms with E-state index in [1.807, 2.05) is 6.92 Å². The largest absolute Gasteiger partial charge is 0.872 e. The molecule has 0 bridgehead atoms. The van der Waals surface area contributed by atoms with E-state index in [1.54, 1.807) is 43.5 Å². The van der Waals surface area contributed by atoms with Gasteiger partial charge in [-0.15, -0.1) is 0 Å². The van der Waals surface area contributed by atoms with Crippen molar-refractivity contribution in [2.75, 3.05) is 47.0 Å². The summed E-state index contributed by atoms with van der Waals surface area (Å²) in [7, 11) is 3.06. The molecule has 1 saturated heterocycles. The Hall–Kier alpha value is -3.52. The number of methoxy groups -OCH3 is 2. The maximum absolute atomic E-state index is 13.8. The van der Waals surface area contributed by atoms with E-state index in [9.17, 15) is 14.7 Å². The Morgan fingerprint density at radius 1 is 0.974 bits per heavy atom. The van der Waals surface area contributed by atoms with Crippen molar-refractivity contribution in [3.63, 3.8) is 0 Å². The van der Waals surface area contributed by atoms with Gasteiger partial charge in [0.05, 0.1) is 53.0 Å². The highest BCUT2D eigenvalue weighted by molar-refractivity contribution is 6.46. The number of carbonyl (C=O) groups is 2. The average Bonchev–Trinajstić information content (AvgIpc) is 3.18. The van der Waals surface area contributed by atoms with Gasteiger partial charge in [-0.3, -0.25) is 9.59 Å². The average molecular weight is 525 g/mol. The predicted molar refractivity (Wildman–Crippen MR) is 144 cm³/mol. The maximum Gasteiger partial charge on any atom is 0.295 e. The summed E-state index contributed by atoms with van der Waals surface area (Å²) in [6.45, 7) is 11.5. The van der Waals surface area contributed by atoms with Crippen LogP contribution in [0.2, 0.25) is 0 Å². The van der Waals surface area contributed by atoms with E-state index in [2.05, 4.69) is 20.8 Å². The van der Waals surface area contributed by atoms with Gasteiger partial charge >= 0.3 is 0 Å². The third kappa shape index (κ3) is 6.13. The fourth-order valence-electron chi connectivity index (χ4n) is 4.79. The summed E-state index contributed by atoms with van der Waals surface area (Å²) in [6, 6.07) is 9.56. The maximum atomic E-state index is 13.8. The van der Waals surface area contributed by atoms with E-state index >= 15 is 0 Å². The lowest BCUT2D eigenvalue weighted by molar-refractivity contribution is -0.895. The molecule has 0 radical (unpaired) electrons. The number of rotatable bonds is 13. The Morgan fingerprint density at radius 3 is 2.26 bits per heavy atom. The van der Waals surface area contributed by atoms with Crippen LogP contribution in [-0.2, 0) is 9.59 Å². The van der Waals surface area contributed by atoms with Crippen LogP contribution in [0.3, 0.4) is 0 Å². The van der Waals surface area contributed by atoms with Crippen LogP contribution in [0.4, 0.5) is 0 Å². The van der Waals surface area contributed by atoms with Crippen LogP contribution in [0.5, 0.6) is 17.2 Å². The first-order valence-corrected chi connectivity index (χ1v) is 13.4. The predicted octanol–water partition coefficient (Wildman–Crippen LogP) is 2.34. The molecule has 3 rings (SSSR count). The third-order valence-electron chi connectivity index (χ3n) is 7.15. The molecule has 2 aromatic rings. The fraction of sp³-hybridized carbons (Fsp3) is 0.467. The van der Waals surface area contributed by atoms with Crippen molar-refractivity contribution in [3.8, 4) is 17.2 Å². The number of hydrogen-bond acceptors (Lipinski definition) is 6. The van der Waals surface area contributed by atoms with Gasteiger partial charge in [-0.1, -0.05) is 31.2 Å². The zero-order valence-electron chi connectivity index (χ0n) is 23.4. The molecule has 0 saturated carbocycles. The molecule has 1 aliphatic rings. The molecule has 1 fully saturated rings. The number of aryl methyl sites for hydroxylation is 1. The van der Waals surface area contributed by atoms with Gasteiger partial charge in [0.1, 0.15) is 5.75 Å². The first kappa shape index (κ1) is 29.0. The molecule has 8 nitrogen and oxygen atoms in total. The van der Waals surface area contributed by atoms with Gasteiger partial charge < -0.3 is 29.1 Å². The van der Waals surface area contributed by atoms with Gasteiger partial charge in [0.15, 0.2) is 11.5 Å². The standard InChI is InChI=1S/C30H40N2O6/c1-7-10-17-38-23-13-12-22(18-20(23)4)28(33)26-27(21-11-14-24(36-5)25(19-21)37-6)32(30(35)29(26)34)16-15-31(8-2)9-3/h11-14,18-19,27,33H,7-10,15-17H2,1-6H3.